The number of hydrogen-bond acceptors (Lipinski definition) is 1. The van der Waals surface area contributed by atoms with E-state index >= 15 is 0 Å². The first kappa shape index (κ1) is 11.8. The maximum atomic E-state index is 13.2. The molecular weight excluding hydrogens is 213 g/mol. The van der Waals surface area contributed by atoms with E-state index in [0.29, 0.717) is 6.54 Å². The summed E-state index contributed by atoms with van der Waals surface area (Å²) >= 11 is 0. The summed E-state index contributed by atoms with van der Waals surface area (Å²) in [6, 6.07) is 14.8. The average Bonchev–Trinajstić information content (AvgIpc) is 2.37. The van der Waals surface area contributed by atoms with Crippen LogP contribution in [0.25, 0.3) is 11.1 Å². The van der Waals surface area contributed by atoms with Gasteiger partial charge in [0.1, 0.15) is 5.82 Å². The second-order valence-corrected chi connectivity index (χ2v) is 4.06. The Hall–Kier alpha value is -1.67. The van der Waals surface area contributed by atoms with Gasteiger partial charge in [-0.05, 0) is 48.2 Å². The van der Waals surface area contributed by atoms with Gasteiger partial charge in [0.25, 0.3) is 0 Å². The van der Waals surface area contributed by atoms with Gasteiger partial charge in [0.2, 0.25) is 0 Å². The van der Waals surface area contributed by atoms with Crippen LogP contribution in [0.4, 0.5) is 4.39 Å². The molecule has 2 aromatic rings. The molecule has 2 aromatic carbocycles. The zero-order chi connectivity index (χ0) is 12.1. The van der Waals surface area contributed by atoms with Gasteiger partial charge < -0.3 is 5.73 Å². The maximum absolute atomic E-state index is 13.2. The van der Waals surface area contributed by atoms with Crippen molar-refractivity contribution in [3.8, 4) is 11.1 Å². The quantitative estimate of drug-likeness (QED) is 0.854. The van der Waals surface area contributed by atoms with Crippen LogP contribution in [0.3, 0.4) is 0 Å². The number of benzene rings is 2. The van der Waals surface area contributed by atoms with Crippen LogP contribution >= 0.6 is 0 Å². The van der Waals surface area contributed by atoms with Crippen molar-refractivity contribution < 1.29 is 4.39 Å². The fraction of sp³-hybridized carbons (Fsp3) is 0.200. The van der Waals surface area contributed by atoms with Crippen molar-refractivity contribution in [3.05, 3.63) is 59.9 Å². The van der Waals surface area contributed by atoms with Crippen molar-refractivity contribution in [1.29, 1.82) is 0 Å². The summed E-state index contributed by atoms with van der Waals surface area (Å²) in [5.41, 5.74) is 8.78. The minimum atomic E-state index is -0.198. The third-order valence-electron chi connectivity index (χ3n) is 2.80. The van der Waals surface area contributed by atoms with Crippen LogP contribution in [-0.2, 0) is 6.42 Å². The second kappa shape index (κ2) is 5.60. The number of aryl methyl sites for hydroxylation is 1. The topological polar surface area (TPSA) is 26.0 Å². The van der Waals surface area contributed by atoms with Crippen molar-refractivity contribution in [2.24, 2.45) is 5.73 Å². The monoisotopic (exact) mass is 229 g/mol. The molecule has 0 spiro atoms. The van der Waals surface area contributed by atoms with Gasteiger partial charge in [-0.3, -0.25) is 0 Å². The largest absolute Gasteiger partial charge is 0.330 e. The number of halogens is 1. The maximum Gasteiger partial charge on any atom is 0.123 e. The molecule has 0 amide bonds. The predicted molar refractivity (Wildman–Crippen MR) is 69.2 cm³/mol. The van der Waals surface area contributed by atoms with Gasteiger partial charge >= 0.3 is 0 Å². The van der Waals surface area contributed by atoms with E-state index in [4.69, 9.17) is 5.73 Å². The highest BCUT2D eigenvalue weighted by Crippen LogP contribution is 2.25. The number of rotatable bonds is 4. The summed E-state index contributed by atoms with van der Waals surface area (Å²) < 4.78 is 13.2. The molecule has 0 bridgehead atoms. The minimum Gasteiger partial charge on any atom is -0.330 e. The molecule has 0 aliphatic heterocycles. The van der Waals surface area contributed by atoms with Crippen LogP contribution in [0, 0.1) is 5.82 Å². The third-order valence-corrected chi connectivity index (χ3v) is 2.80. The highest BCUT2D eigenvalue weighted by atomic mass is 19.1. The van der Waals surface area contributed by atoms with E-state index in [9.17, 15) is 4.39 Å². The van der Waals surface area contributed by atoms with Gasteiger partial charge in [-0.1, -0.05) is 36.4 Å². The molecule has 0 saturated heterocycles. The van der Waals surface area contributed by atoms with Gasteiger partial charge in [0.15, 0.2) is 0 Å². The molecule has 0 radical (unpaired) electrons. The summed E-state index contributed by atoms with van der Waals surface area (Å²) in [7, 11) is 0. The molecule has 0 aromatic heterocycles. The van der Waals surface area contributed by atoms with Crippen LogP contribution in [0.5, 0.6) is 0 Å². The lowest BCUT2D eigenvalue weighted by atomic mass is 9.97. The molecule has 0 atom stereocenters. The lowest BCUT2D eigenvalue weighted by Crippen LogP contribution is -2.01. The highest BCUT2D eigenvalue weighted by Gasteiger charge is 2.04. The third kappa shape index (κ3) is 2.92. The molecule has 2 heteroatoms. The van der Waals surface area contributed by atoms with Gasteiger partial charge in [0, 0.05) is 0 Å². The molecule has 0 unspecified atom stereocenters. The summed E-state index contributed by atoms with van der Waals surface area (Å²) in [4.78, 5) is 0. The normalized spacial score (nSPS) is 10.5. The van der Waals surface area contributed by atoms with Crippen molar-refractivity contribution in [1.82, 2.24) is 0 Å². The minimum absolute atomic E-state index is 0.198. The molecule has 0 aliphatic carbocycles. The van der Waals surface area contributed by atoms with E-state index in [1.54, 1.807) is 12.1 Å². The molecule has 17 heavy (non-hydrogen) atoms. The van der Waals surface area contributed by atoms with E-state index in [1.807, 2.05) is 24.3 Å². The smallest absolute Gasteiger partial charge is 0.123 e. The van der Waals surface area contributed by atoms with E-state index in [-0.39, 0.29) is 5.82 Å². The van der Waals surface area contributed by atoms with Crippen molar-refractivity contribution in [2.45, 2.75) is 12.8 Å². The Morgan fingerprint density at radius 3 is 2.59 bits per heavy atom. The second-order valence-electron chi connectivity index (χ2n) is 4.06. The SMILES string of the molecule is NCCCc1ccccc1-c1cccc(F)c1. The molecule has 0 aliphatic rings. The highest BCUT2D eigenvalue weighted by molar-refractivity contribution is 5.67. The first-order chi connectivity index (χ1) is 8.31. The van der Waals surface area contributed by atoms with Gasteiger partial charge in [-0.2, -0.15) is 0 Å². The van der Waals surface area contributed by atoms with E-state index < -0.39 is 0 Å². The first-order valence-corrected chi connectivity index (χ1v) is 5.85. The first-order valence-electron chi connectivity index (χ1n) is 5.85. The molecule has 0 heterocycles. The molecule has 0 fully saturated rings. The summed E-state index contributed by atoms with van der Waals surface area (Å²) in [6.07, 6.45) is 1.88. The molecule has 0 saturated carbocycles. The average molecular weight is 229 g/mol. The predicted octanol–water partition coefficient (Wildman–Crippen LogP) is 3.38. The standard InChI is InChI=1S/C15H16FN/c16-14-8-3-6-13(11-14)15-9-2-1-5-12(15)7-4-10-17/h1-3,5-6,8-9,11H,4,7,10,17H2. The molecule has 2 rings (SSSR count). The summed E-state index contributed by atoms with van der Waals surface area (Å²) in [6.45, 7) is 0.678. The van der Waals surface area contributed by atoms with E-state index in [0.717, 1.165) is 24.0 Å². The lowest BCUT2D eigenvalue weighted by Gasteiger charge is -2.09. The van der Waals surface area contributed by atoms with Crippen LogP contribution < -0.4 is 5.73 Å². The Balaban J connectivity index is 2.37. The van der Waals surface area contributed by atoms with Gasteiger partial charge in [0.05, 0.1) is 0 Å². The number of hydrogen-bond donors (Lipinski definition) is 1. The molecular formula is C15H16FN. The zero-order valence-electron chi connectivity index (χ0n) is 9.70. The molecule has 2 N–H and O–H groups in total. The van der Waals surface area contributed by atoms with E-state index in [1.165, 1.54) is 11.6 Å². The zero-order valence-corrected chi connectivity index (χ0v) is 9.70. The fourth-order valence-corrected chi connectivity index (χ4v) is 1.97. The summed E-state index contributed by atoms with van der Waals surface area (Å²) in [5.74, 6) is -0.198. The van der Waals surface area contributed by atoms with Crippen molar-refractivity contribution in [3.63, 3.8) is 0 Å². The van der Waals surface area contributed by atoms with E-state index in [2.05, 4.69) is 6.07 Å². The Morgan fingerprint density at radius 1 is 1.00 bits per heavy atom. The van der Waals surface area contributed by atoms with Crippen LogP contribution in [-0.4, -0.2) is 6.54 Å². The van der Waals surface area contributed by atoms with Crippen LogP contribution in [0.2, 0.25) is 0 Å². The summed E-state index contributed by atoms with van der Waals surface area (Å²) in [5, 5.41) is 0. The van der Waals surface area contributed by atoms with Crippen molar-refractivity contribution in [2.75, 3.05) is 6.54 Å². The Bertz CT molecular complexity index is 494. The Morgan fingerprint density at radius 2 is 1.82 bits per heavy atom. The fourth-order valence-electron chi connectivity index (χ4n) is 1.97. The van der Waals surface area contributed by atoms with Crippen molar-refractivity contribution >= 4 is 0 Å². The van der Waals surface area contributed by atoms with Gasteiger partial charge in [-0.15, -0.1) is 0 Å². The number of nitrogens with two attached hydrogens (primary N) is 1. The Labute approximate surface area is 101 Å². The van der Waals surface area contributed by atoms with Gasteiger partial charge in [-0.25, -0.2) is 4.39 Å². The molecule has 88 valence electrons. The van der Waals surface area contributed by atoms with Crippen LogP contribution in [0.15, 0.2) is 48.5 Å². The Kier molecular flexibility index (Phi) is 3.89. The van der Waals surface area contributed by atoms with Crippen LogP contribution in [0.1, 0.15) is 12.0 Å². The lowest BCUT2D eigenvalue weighted by molar-refractivity contribution is 0.628. The molecule has 1 nitrogen and oxygen atoms in total.